The predicted molar refractivity (Wildman–Crippen MR) is 142 cm³/mol. The summed E-state index contributed by atoms with van der Waals surface area (Å²) < 4.78 is 67.9. The van der Waals surface area contributed by atoms with Gasteiger partial charge in [0.15, 0.2) is 17.9 Å². The molecule has 3 heterocycles. The maximum absolute atomic E-state index is 14.3. The third-order valence-corrected chi connectivity index (χ3v) is 6.14. The minimum absolute atomic E-state index is 0.0207. The van der Waals surface area contributed by atoms with Gasteiger partial charge in [0.1, 0.15) is 11.4 Å². The summed E-state index contributed by atoms with van der Waals surface area (Å²) in [5.74, 6) is 5.12. The third-order valence-electron chi connectivity index (χ3n) is 6.14. The Balaban J connectivity index is 1.31. The van der Waals surface area contributed by atoms with Gasteiger partial charge in [0.05, 0.1) is 36.8 Å². The number of hydrogen-bond donors (Lipinski definition) is 3. The largest absolute Gasteiger partial charge is 0.463 e. The van der Waals surface area contributed by atoms with E-state index < -0.39 is 23.8 Å². The van der Waals surface area contributed by atoms with Gasteiger partial charge in [0.2, 0.25) is 12.2 Å². The number of nitrogens with zero attached hydrogens (tertiary/aromatic N) is 4. The first-order valence-electron chi connectivity index (χ1n) is 12.3. The summed E-state index contributed by atoms with van der Waals surface area (Å²) in [6, 6.07) is 13.0. The van der Waals surface area contributed by atoms with E-state index in [1.807, 2.05) is 0 Å². The molecule has 0 saturated carbocycles. The average Bonchev–Trinajstić information content (AvgIpc) is 2.98. The first-order valence-corrected chi connectivity index (χ1v) is 12.3. The molecule has 4 aromatic rings. The van der Waals surface area contributed by atoms with Crippen molar-refractivity contribution in [2.45, 2.75) is 12.5 Å². The van der Waals surface area contributed by atoms with Crippen molar-refractivity contribution >= 4 is 29.4 Å². The summed E-state index contributed by atoms with van der Waals surface area (Å²) in [4.78, 5) is 24.1. The molecule has 0 amide bonds. The summed E-state index contributed by atoms with van der Waals surface area (Å²) in [5, 5.41) is 2.87. The van der Waals surface area contributed by atoms with E-state index in [4.69, 9.17) is 15.3 Å². The van der Waals surface area contributed by atoms with Crippen molar-refractivity contribution in [2.24, 2.45) is 5.84 Å². The Morgan fingerprint density at radius 3 is 2.51 bits per heavy atom. The number of halogens is 4. The van der Waals surface area contributed by atoms with Crippen molar-refractivity contribution in [3.8, 4) is 16.9 Å². The summed E-state index contributed by atoms with van der Waals surface area (Å²) in [7, 11) is 0. The van der Waals surface area contributed by atoms with Gasteiger partial charge in [-0.05, 0) is 47.5 Å². The highest BCUT2D eigenvalue weighted by Gasteiger charge is 2.34. The van der Waals surface area contributed by atoms with Gasteiger partial charge < -0.3 is 19.7 Å². The van der Waals surface area contributed by atoms with Gasteiger partial charge >= 0.3 is 6.18 Å². The summed E-state index contributed by atoms with van der Waals surface area (Å²) in [6.45, 7) is 0.715. The highest BCUT2D eigenvalue weighted by molar-refractivity contribution is 5.75. The summed E-state index contributed by atoms with van der Waals surface area (Å²) in [6.07, 6.45) is -2.48. The first kappa shape index (κ1) is 27.7. The Kier molecular flexibility index (Phi) is 7.94. The van der Waals surface area contributed by atoms with Crippen LogP contribution >= 0.6 is 0 Å². The van der Waals surface area contributed by atoms with Crippen LogP contribution in [0.2, 0.25) is 0 Å². The molecule has 1 atom stereocenters. The van der Waals surface area contributed by atoms with E-state index in [0.29, 0.717) is 29.8 Å². The number of hydrogen-bond acceptors (Lipinski definition) is 10. The molecule has 212 valence electrons. The van der Waals surface area contributed by atoms with Crippen molar-refractivity contribution in [1.29, 1.82) is 0 Å². The molecule has 4 N–H and O–H groups in total. The minimum Gasteiger partial charge on any atom is -0.463 e. The van der Waals surface area contributed by atoms with Crippen molar-refractivity contribution in [3.05, 3.63) is 84.1 Å². The molecule has 0 radical (unpaired) electrons. The van der Waals surface area contributed by atoms with Gasteiger partial charge in [-0.15, -0.1) is 0 Å². The molecule has 1 aliphatic heterocycles. The van der Waals surface area contributed by atoms with Gasteiger partial charge in [-0.2, -0.15) is 18.2 Å². The molecule has 41 heavy (non-hydrogen) atoms. The molecular weight excluding hydrogens is 546 g/mol. The number of nitrogens with two attached hydrogens (primary N) is 1. The number of hydrazine groups is 1. The van der Waals surface area contributed by atoms with Crippen LogP contribution in [0.1, 0.15) is 16.1 Å². The maximum Gasteiger partial charge on any atom is 0.417 e. The lowest BCUT2D eigenvalue weighted by molar-refractivity contribution is -0.137. The number of aromatic nitrogens is 3. The molecule has 0 bridgehead atoms. The molecular formula is C27H23F4N7O3. The van der Waals surface area contributed by atoms with Gasteiger partial charge in [0.25, 0.3) is 0 Å². The lowest BCUT2D eigenvalue weighted by Crippen LogP contribution is -2.46. The van der Waals surface area contributed by atoms with Crippen molar-refractivity contribution < 1.29 is 31.8 Å². The Labute approximate surface area is 231 Å². The Morgan fingerprint density at radius 1 is 1.05 bits per heavy atom. The number of benzene rings is 2. The van der Waals surface area contributed by atoms with E-state index in [9.17, 15) is 22.4 Å². The van der Waals surface area contributed by atoms with Crippen LogP contribution in [0.3, 0.4) is 0 Å². The third kappa shape index (κ3) is 6.50. The smallest absolute Gasteiger partial charge is 0.417 e. The zero-order valence-electron chi connectivity index (χ0n) is 21.2. The topological polar surface area (TPSA) is 128 Å². The number of rotatable bonds is 8. The fraction of sp³-hybridized carbons (Fsp3) is 0.185. The Morgan fingerprint density at radius 2 is 1.83 bits per heavy atom. The second-order valence-electron chi connectivity index (χ2n) is 8.87. The number of aldehydes is 1. The van der Waals surface area contributed by atoms with E-state index in [1.54, 1.807) is 11.0 Å². The first-order chi connectivity index (χ1) is 19.7. The van der Waals surface area contributed by atoms with Crippen LogP contribution in [0.15, 0.2) is 67.0 Å². The molecule has 0 spiro atoms. The van der Waals surface area contributed by atoms with Crippen LogP contribution in [0.5, 0.6) is 5.75 Å². The Bertz CT molecular complexity index is 1520. The van der Waals surface area contributed by atoms with Gasteiger partial charge in [-0.3, -0.25) is 15.2 Å². The normalized spacial score (nSPS) is 15.3. The van der Waals surface area contributed by atoms with Crippen LogP contribution in [0.4, 0.5) is 40.7 Å². The Hall–Kier alpha value is -4.82. The lowest BCUT2D eigenvalue weighted by Gasteiger charge is -2.33. The molecule has 0 aliphatic carbocycles. The number of nitrogens with one attached hydrogen (secondary N) is 2. The zero-order chi connectivity index (χ0) is 29.0. The summed E-state index contributed by atoms with van der Waals surface area (Å²) >= 11 is 0. The number of anilines is 4. The van der Waals surface area contributed by atoms with E-state index in [-0.39, 0.29) is 41.9 Å². The summed E-state index contributed by atoms with van der Waals surface area (Å²) in [5.41, 5.74) is 2.58. The van der Waals surface area contributed by atoms with Crippen molar-refractivity contribution in [2.75, 3.05) is 35.3 Å². The fourth-order valence-electron chi connectivity index (χ4n) is 4.22. The van der Waals surface area contributed by atoms with Crippen LogP contribution in [-0.2, 0) is 10.9 Å². The highest BCUT2D eigenvalue weighted by Crippen LogP contribution is 2.39. The number of carbonyl (C=O) groups excluding carboxylic acids is 1. The van der Waals surface area contributed by atoms with Crippen LogP contribution in [0.25, 0.3) is 11.1 Å². The van der Waals surface area contributed by atoms with Crippen LogP contribution in [-0.4, -0.2) is 47.2 Å². The maximum atomic E-state index is 14.3. The van der Waals surface area contributed by atoms with E-state index in [1.165, 1.54) is 48.7 Å². The van der Waals surface area contributed by atoms with Crippen molar-refractivity contribution in [3.63, 3.8) is 0 Å². The van der Waals surface area contributed by atoms with E-state index >= 15 is 0 Å². The molecule has 1 fully saturated rings. The van der Waals surface area contributed by atoms with E-state index in [0.717, 1.165) is 12.3 Å². The van der Waals surface area contributed by atoms with Crippen LogP contribution < -0.4 is 26.2 Å². The molecule has 1 saturated heterocycles. The molecule has 1 aliphatic rings. The average molecular weight is 570 g/mol. The number of pyridine rings is 1. The van der Waals surface area contributed by atoms with Gasteiger partial charge in [-0.25, -0.2) is 15.2 Å². The molecule has 1 unspecified atom stereocenters. The predicted octanol–water partition coefficient (Wildman–Crippen LogP) is 4.78. The monoisotopic (exact) mass is 569 g/mol. The fourth-order valence-corrected chi connectivity index (χ4v) is 4.22. The highest BCUT2D eigenvalue weighted by atomic mass is 19.4. The van der Waals surface area contributed by atoms with Gasteiger partial charge in [-0.1, -0.05) is 18.2 Å². The number of morpholine rings is 1. The SMILES string of the molecule is NNc1ncc(F)c(N2CCOC(Oc3ccc(-c4ccc(Nc5ccc(C=O)nc5)cc4C(F)(F)F)cc3)C2)n1. The molecule has 10 nitrogen and oxygen atoms in total. The quantitative estimate of drug-likeness (QED) is 0.118. The second kappa shape index (κ2) is 11.7. The van der Waals surface area contributed by atoms with Crippen LogP contribution in [0, 0.1) is 5.82 Å². The second-order valence-corrected chi connectivity index (χ2v) is 8.87. The number of alkyl halides is 3. The lowest BCUT2D eigenvalue weighted by atomic mass is 9.98. The molecule has 14 heteroatoms. The number of nitrogen functional groups attached to an aromatic ring is 1. The standard InChI is InChI=1S/C27H23F4N7O3/c28-23-13-34-26(37-32)36-25(23)38-9-10-40-24(14-38)41-20-6-1-16(2-7-20)21-8-5-17(11-22(21)27(29,30)31)35-18-3-4-19(15-39)33-12-18/h1-8,11-13,15,24,35H,9-10,14,32H2,(H,34,36,37). The molecule has 5 rings (SSSR count). The molecule has 2 aromatic heterocycles. The minimum atomic E-state index is -4.63. The van der Waals surface area contributed by atoms with Gasteiger partial charge in [0, 0.05) is 12.2 Å². The van der Waals surface area contributed by atoms with E-state index in [2.05, 4.69) is 25.7 Å². The number of carbonyl (C=O) groups is 1. The molecule has 2 aromatic carbocycles. The van der Waals surface area contributed by atoms with Crippen molar-refractivity contribution in [1.82, 2.24) is 15.0 Å². The zero-order valence-corrected chi connectivity index (χ0v) is 21.2. The number of ether oxygens (including phenoxy) is 2.